The zero-order valence-corrected chi connectivity index (χ0v) is 9.86. The highest BCUT2D eigenvalue weighted by molar-refractivity contribution is 6.21. The molecule has 0 radical (unpaired) electrons. The second-order valence-corrected chi connectivity index (χ2v) is 4.70. The van der Waals surface area contributed by atoms with E-state index in [0.717, 1.165) is 12.0 Å². The molecule has 0 aromatic rings. The summed E-state index contributed by atoms with van der Waals surface area (Å²) in [4.78, 5) is 25.5. The molecule has 0 spiro atoms. The normalized spacial score (nSPS) is 29.6. The fourth-order valence-electron chi connectivity index (χ4n) is 2.81. The van der Waals surface area contributed by atoms with Crippen LogP contribution in [0.4, 0.5) is 0 Å². The smallest absolute Gasteiger partial charge is 0.260 e. The van der Waals surface area contributed by atoms with Gasteiger partial charge in [-0.05, 0) is 23.5 Å². The molecule has 0 saturated heterocycles. The number of carbonyl (C=O) groups is 2. The third-order valence-electron chi connectivity index (χ3n) is 3.73. The molecule has 2 bridgehead atoms. The predicted octanol–water partition coefficient (Wildman–Crippen LogP) is 0.386. The van der Waals surface area contributed by atoms with E-state index in [2.05, 4.69) is 17.5 Å². The quantitative estimate of drug-likeness (QED) is 0.523. The minimum absolute atomic E-state index is 0.0233. The highest BCUT2D eigenvalue weighted by Gasteiger charge is 2.43. The Labute approximate surface area is 99.7 Å². The van der Waals surface area contributed by atoms with Crippen LogP contribution in [0.3, 0.4) is 0 Å². The van der Waals surface area contributed by atoms with Crippen molar-refractivity contribution < 1.29 is 9.59 Å². The molecule has 4 rings (SSSR count). The van der Waals surface area contributed by atoms with Crippen LogP contribution in [-0.4, -0.2) is 36.9 Å². The van der Waals surface area contributed by atoms with E-state index >= 15 is 0 Å². The van der Waals surface area contributed by atoms with Crippen molar-refractivity contribution >= 4 is 11.8 Å². The molecule has 4 aliphatic rings. The van der Waals surface area contributed by atoms with Crippen molar-refractivity contribution in [1.29, 1.82) is 0 Å². The van der Waals surface area contributed by atoms with Gasteiger partial charge in [-0.15, -0.1) is 0 Å². The highest BCUT2D eigenvalue weighted by atomic mass is 16.2. The Morgan fingerprint density at radius 3 is 2.88 bits per heavy atom. The molecule has 4 heteroatoms. The van der Waals surface area contributed by atoms with E-state index in [0.29, 0.717) is 11.5 Å². The van der Waals surface area contributed by atoms with Crippen LogP contribution in [0.1, 0.15) is 6.42 Å². The molecule has 1 unspecified atom stereocenters. The van der Waals surface area contributed by atoms with Gasteiger partial charge in [0.15, 0.2) is 0 Å². The van der Waals surface area contributed by atoms with E-state index in [9.17, 15) is 9.59 Å². The maximum absolute atomic E-state index is 12.1. The van der Waals surface area contributed by atoms with Crippen LogP contribution in [-0.2, 0) is 9.59 Å². The van der Waals surface area contributed by atoms with Crippen LogP contribution in [0, 0.1) is 5.92 Å². The largest absolute Gasteiger partial charge is 0.355 e. The summed E-state index contributed by atoms with van der Waals surface area (Å²) in [7, 11) is 3.31. The van der Waals surface area contributed by atoms with E-state index in [4.69, 9.17) is 0 Å². The van der Waals surface area contributed by atoms with Gasteiger partial charge in [0.05, 0.1) is 6.04 Å². The van der Waals surface area contributed by atoms with Gasteiger partial charge in [-0.25, -0.2) is 0 Å². The number of hydrogen-bond donors (Lipinski definition) is 1. The van der Waals surface area contributed by atoms with Crippen LogP contribution >= 0.6 is 0 Å². The van der Waals surface area contributed by atoms with Crippen molar-refractivity contribution in [2.45, 2.75) is 12.5 Å². The van der Waals surface area contributed by atoms with Gasteiger partial charge in [0.2, 0.25) is 0 Å². The maximum atomic E-state index is 12.1. The minimum Gasteiger partial charge on any atom is -0.355 e. The molecule has 3 aliphatic carbocycles. The summed E-state index contributed by atoms with van der Waals surface area (Å²) in [5.74, 6) is 0.0153. The topological polar surface area (TPSA) is 49.4 Å². The van der Waals surface area contributed by atoms with Crippen molar-refractivity contribution in [3.8, 4) is 0 Å². The minimum atomic E-state index is -0.288. The summed E-state index contributed by atoms with van der Waals surface area (Å²) in [6.45, 7) is 0. The first-order valence-corrected chi connectivity index (χ1v) is 5.75. The number of nitrogens with one attached hydrogen (secondary N) is 1. The average molecular weight is 230 g/mol. The lowest BCUT2D eigenvalue weighted by Crippen LogP contribution is -2.36. The molecule has 17 heavy (non-hydrogen) atoms. The van der Waals surface area contributed by atoms with E-state index in [1.54, 1.807) is 19.0 Å². The fraction of sp³-hybridized carbons (Fsp3) is 0.385. The summed E-state index contributed by atoms with van der Waals surface area (Å²) in [5, 5.41) is 2.54. The Morgan fingerprint density at radius 2 is 2.24 bits per heavy atom. The van der Waals surface area contributed by atoms with Gasteiger partial charge in [0, 0.05) is 14.1 Å². The van der Waals surface area contributed by atoms with E-state index in [1.807, 2.05) is 6.08 Å². The number of amides is 2. The van der Waals surface area contributed by atoms with E-state index in [-0.39, 0.29) is 17.9 Å². The van der Waals surface area contributed by atoms with Crippen molar-refractivity contribution in [1.82, 2.24) is 10.2 Å². The zero-order valence-electron chi connectivity index (χ0n) is 9.86. The van der Waals surface area contributed by atoms with Gasteiger partial charge in [-0.2, -0.15) is 0 Å². The van der Waals surface area contributed by atoms with Gasteiger partial charge in [-0.3, -0.25) is 9.59 Å². The lowest BCUT2D eigenvalue weighted by molar-refractivity contribution is -0.128. The van der Waals surface area contributed by atoms with Crippen molar-refractivity contribution in [2.24, 2.45) is 5.92 Å². The number of rotatable bonds is 1. The Hall–Kier alpha value is -1.84. The lowest BCUT2D eigenvalue weighted by Gasteiger charge is -2.30. The van der Waals surface area contributed by atoms with E-state index < -0.39 is 0 Å². The Kier molecular flexibility index (Phi) is 2.02. The number of allylic oxidation sites excluding steroid dienone is 2. The summed E-state index contributed by atoms with van der Waals surface area (Å²) >= 11 is 0. The summed E-state index contributed by atoms with van der Waals surface area (Å²) in [6.07, 6.45) is 7.21. The van der Waals surface area contributed by atoms with Crippen LogP contribution < -0.4 is 5.32 Å². The second-order valence-electron chi connectivity index (χ2n) is 4.70. The van der Waals surface area contributed by atoms with Crippen molar-refractivity contribution in [2.75, 3.05) is 14.1 Å². The predicted molar refractivity (Wildman–Crippen MR) is 63.0 cm³/mol. The monoisotopic (exact) mass is 230 g/mol. The second kappa shape index (κ2) is 3.32. The lowest BCUT2D eigenvalue weighted by atomic mass is 9.83. The fourth-order valence-corrected chi connectivity index (χ4v) is 2.81. The maximum Gasteiger partial charge on any atom is 0.260 e. The van der Waals surface area contributed by atoms with Crippen molar-refractivity contribution in [3.63, 3.8) is 0 Å². The van der Waals surface area contributed by atoms with Crippen molar-refractivity contribution in [3.05, 3.63) is 34.9 Å². The van der Waals surface area contributed by atoms with E-state index in [1.165, 1.54) is 5.57 Å². The molecule has 1 heterocycles. The first kappa shape index (κ1) is 10.3. The Balaban J connectivity index is 2.15. The van der Waals surface area contributed by atoms with Crippen LogP contribution in [0.2, 0.25) is 0 Å². The zero-order chi connectivity index (χ0) is 12.2. The molecule has 0 saturated carbocycles. The summed E-state index contributed by atoms with van der Waals surface area (Å²) < 4.78 is 0. The Morgan fingerprint density at radius 1 is 1.53 bits per heavy atom. The summed E-state index contributed by atoms with van der Waals surface area (Å²) in [6, 6.07) is -0.0233. The van der Waals surface area contributed by atoms with Crippen LogP contribution in [0.25, 0.3) is 0 Å². The molecular weight excluding hydrogens is 216 g/mol. The first-order chi connectivity index (χ1) is 8.13. The molecule has 0 aromatic carbocycles. The SMILES string of the molecule is CNC(=O)C1=C2C=C[C@@H]3C=C(C3)C2N(C)C1=O. The third kappa shape index (κ3) is 1.24. The molecule has 2 amide bonds. The van der Waals surface area contributed by atoms with Gasteiger partial charge in [0.1, 0.15) is 5.57 Å². The molecule has 0 aromatic heterocycles. The molecule has 1 aliphatic heterocycles. The van der Waals surface area contributed by atoms with Gasteiger partial charge in [-0.1, -0.05) is 18.2 Å². The number of hydrogen-bond acceptors (Lipinski definition) is 2. The number of likely N-dealkylation sites (N-methyl/N-ethyl adjacent to an activating group) is 2. The molecule has 0 fully saturated rings. The standard InChI is InChI=1S/C13H14N2O2/c1-14-12(16)10-9-4-3-7-5-8(6-7)11(9)15(2)13(10)17/h3-5,7,11H,6H2,1-2H3,(H,14,16)/t7-,11?/m1/s1. The van der Waals surface area contributed by atoms with Gasteiger partial charge in [0.25, 0.3) is 11.8 Å². The molecule has 88 valence electrons. The average Bonchev–Trinajstić information content (AvgIpc) is 2.49. The molecule has 4 nitrogen and oxygen atoms in total. The third-order valence-corrected chi connectivity index (χ3v) is 3.73. The molecular formula is C13H14N2O2. The van der Waals surface area contributed by atoms with Crippen LogP contribution in [0.5, 0.6) is 0 Å². The van der Waals surface area contributed by atoms with Gasteiger partial charge < -0.3 is 10.2 Å². The number of carbonyl (C=O) groups excluding carboxylic acids is 2. The first-order valence-electron chi connectivity index (χ1n) is 5.75. The molecule has 1 N–H and O–H groups in total. The molecule has 2 atom stereocenters. The number of nitrogens with zero attached hydrogens (tertiary/aromatic N) is 1. The Bertz CT molecular complexity index is 514. The summed E-state index contributed by atoms with van der Waals surface area (Å²) in [5.41, 5.74) is 2.40. The highest BCUT2D eigenvalue weighted by Crippen LogP contribution is 2.42. The van der Waals surface area contributed by atoms with Crippen LogP contribution in [0.15, 0.2) is 34.9 Å². The van der Waals surface area contributed by atoms with Gasteiger partial charge >= 0.3 is 0 Å².